The molecule has 1 aromatic heterocycles. The van der Waals surface area contributed by atoms with E-state index >= 15 is 0 Å². The molecule has 0 spiro atoms. The summed E-state index contributed by atoms with van der Waals surface area (Å²) in [5, 5.41) is 0. The molecule has 0 fully saturated rings. The molecule has 0 aliphatic carbocycles. The van der Waals surface area contributed by atoms with Crippen LogP contribution in [0, 0.1) is 0 Å². The summed E-state index contributed by atoms with van der Waals surface area (Å²) in [6, 6.07) is 27.2. The molecule has 4 aromatic rings. The third kappa shape index (κ3) is 4.64. The Morgan fingerprint density at radius 1 is 0.743 bits per heavy atom. The van der Waals surface area contributed by atoms with Crippen molar-refractivity contribution in [1.29, 1.82) is 0 Å². The summed E-state index contributed by atoms with van der Waals surface area (Å²) in [7, 11) is -3.98. The predicted octanol–water partition coefficient (Wildman–Crippen LogP) is 4.50. The van der Waals surface area contributed by atoms with Gasteiger partial charge in [-0.2, -0.15) is 0 Å². The van der Waals surface area contributed by atoms with Crippen molar-refractivity contribution in [3.8, 4) is 5.69 Å². The van der Waals surface area contributed by atoms with Gasteiger partial charge in [-0.15, -0.1) is 0 Å². The molecule has 0 saturated carbocycles. The Kier molecular flexibility index (Phi) is 6.51. The number of rotatable bonds is 8. The third-order valence-corrected chi connectivity index (χ3v) is 7.76. The summed E-state index contributed by atoms with van der Waals surface area (Å²) < 4.78 is 29.7. The van der Waals surface area contributed by atoms with Crippen molar-refractivity contribution in [3.63, 3.8) is 0 Å². The number of nitrogens with zero attached hydrogens (tertiary/aromatic N) is 3. The topological polar surface area (TPSA) is 84.5 Å². The minimum atomic E-state index is -3.98. The summed E-state index contributed by atoms with van der Waals surface area (Å²) in [6.07, 6.45) is 3.32. The van der Waals surface area contributed by atoms with Gasteiger partial charge in [0.2, 0.25) is 0 Å². The second-order valence-corrected chi connectivity index (χ2v) is 10.2. The first kappa shape index (κ1) is 23.1. The van der Waals surface area contributed by atoms with Crippen LogP contribution >= 0.6 is 7.60 Å². The molecule has 1 unspecified atom stereocenters. The summed E-state index contributed by atoms with van der Waals surface area (Å²) in [4.78, 5) is 26.6. The number of hydrogen-bond donors (Lipinski definition) is 0. The standard InChI is InChI=1S/C26H24N3O5P/c30-25-27-18-10-17-24(29(27)26(31)28(25)23-15-8-3-9-16-23)35(32,33-19-21-11-4-1-5-12-21)34-20-22-13-6-2-7-14-22/h1-17,24H,18-20H2. The van der Waals surface area contributed by atoms with Crippen molar-refractivity contribution in [1.82, 2.24) is 13.9 Å². The van der Waals surface area contributed by atoms with Crippen LogP contribution in [0.15, 0.2) is 113 Å². The lowest BCUT2D eigenvalue weighted by atomic mass is 10.2. The fraction of sp³-hybridized carbons (Fsp3) is 0.154. The van der Waals surface area contributed by atoms with Crippen LogP contribution in [0.1, 0.15) is 16.9 Å². The van der Waals surface area contributed by atoms with Crippen LogP contribution in [-0.4, -0.2) is 13.9 Å². The van der Waals surface area contributed by atoms with Gasteiger partial charge in [0.05, 0.1) is 25.4 Å². The zero-order valence-corrected chi connectivity index (χ0v) is 19.7. The van der Waals surface area contributed by atoms with Gasteiger partial charge in [-0.05, 0) is 29.3 Å². The van der Waals surface area contributed by atoms with Gasteiger partial charge in [-0.25, -0.2) is 23.5 Å². The Bertz CT molecular complexity index is 1440. The van der Waals surface area contributed by atoms with Crippen molar-refractivity contribution in [2.75, 3.05) is 0 Å². The molecule has 1 aliphatic rings. The van der Waals surface area contributed by atoms with E-state index in [0.717, 1.165) is 15.7 Å². The van der Waals surface area contributed by atoms with Crippen LogP contribution in [-0.2, 0) is 33.4 Å². The van der Waals surface area contributed by atoms with Crippen LogP contribution in [0.3, 0.4) is 0 Å². The number of fused-ring (bicyclic) bond motifs is 1. The number of aromatic nitrogens is 3. The molecule has 0 bridgehead atoms. The van der Waals surface area contributed by atoms with E-state index in [4.69, 9.17) is 9.05 Å². The number of benzene rings is 3. The lowest BCUT2D eigenvalue weighted by molar-refractivity contribution is 0.176. The molecule has 0 radical (unpaired) electrons. The monoisotopic (exact) mass is 489 g/mol. The molecule has 0 saturated heterocycles. The molecular formula is C26H24N3O5P. The highest BCUT2D eigenvalue weighted by Crippen LogP contribution is 2.60. The maximum Gasteiger partial charge on any atom is 0.359 e. The first-order chi connectivity index (χ1) is 17.1. The van der Waals surface area contributed by atoms with E-state index in [1.807, 2.05) is 60.7 Å². The highest BCUT2D eigenvalue weighted by molar-refractivity contribution is 7.54. The van der Waals surface area contributed by atoms with E-state index < -0.39 is 24.8 Å². The van der Waals surface area contributed by atoms with Crippen molar-refractivity contribution < 1.29 is 13.6 Å². The molecule has 8 nitrogen and oxygen atoms in total. The molecule has 9 heteroatoms. The van der Waals surface area contributed by atoms with Crippen LogP contribution in [0.4, 0.5) is 0 Å². The van der Waals surface area contributed by atoms with Crippen LogP contribution < -0.4 is 11.4 Å². The van der Waals surface area contributed by atoms with Crippen LogP contribution in [0.5, 0.6) is 0 Å². The first-order valence-corrected chi connectivity index (χ1v) is 12.8. The average Bonchev–Trinajstić information content (AvgIpc) is 3.17. The maximum absolute atomic E-state index is 14.3. The van der Waals surface area contributed by atoms with Gasteiger partial charge in [0, 0.05) is 0 Å². The lowest BCUT2D eigenvalue weighted by Gasteiger charge is -2.28. The zero-order valence-electron chi connectivity index (χ0n) is 18.8. The van der Waals surface area contributed by atoms with Gasteiger partial charge in [0.1, 0.15) is 0 Å². The molecule has 2 heterocycles. The Morgan fingerprint density at radius 3 is 1.80 bits per heavy atom. The Labute approximate surface area is 201 Å². The summed E-state index contributed by atoms with van der Waals surface area (Å²) in [6.45, 7) is 0.215. The second kappa shape index (κ2) is 9.88. The minimum absolute atomic E-state index is 0.0234. The molecule has 5 rings (SSSR count). The molecule has 3 aromatic carbocycles. The summed E-state index contributed by atoms with van der Waals surface area (Å²) >= 11 is 0. The Hall–Kier alpha value is -3.71. The van der Waals surface area contributed by atoms with E-state index in [9.17, 15) is 14.2 Å². The maximum atomic E-state index is 14.3. The van der Waals surface area contributed by atoms with Crippen molar-refractivity contribution in [2.45, 2.75) is 25.5 Å². The minimum Gasteiger partial charge on any atom is -0.302 e. The van der Waals surface area contributed by atoms with E-state index in [-0.39, 0.29) is 19.8 Å². The zero-order chi connectivity index (χ0) is 24.3. The molecule has 1 aliphatic heterocycles. The third-order valence-electron chi connectivity index (χ3n) is 5.74. The molecule has 0 N–H and O–H groups in total. The lowest BCUT2D eigenvalue weighted by Crippen LogP contribution is -2.33. The average molecular weight is 489 g/mol. The Morgan fingerprint density at radius 2 is 1.26 bits per heavy atom. The van der Waals surface area contributed by atoms with Crippen molar-refractivity contribution in [2.24, 2.45) is 0 Å². The smallest absolute Gasteiger partial charge is 0.302 e. The van der Waals surface area contributed by atoms with Gasteiger partial charge in [0.25, 0.3) is 0 Å². The van der Waals surface area contributed by atoms with E-state index in [2.05, 4.69) is 0 Å². The summed E-state index contributed by atoms with van der Waals surface area (Å²) in [5.74, 6) is -1.10. The number of allylic oxidation sites excluding steroid dienone is 2. The van der Waals surface area contributed by atoms with E-state index in [1.165, 1.54) is 9.36 Å². The van der Waals surface area contributed by atoms with Gasteiger partial charge in [-0.3, -0.25) is 4.57 Å². The highest BCUT2D eigenvalue weighted by Gasteiger charge is 2.41. The SMILES string of the molecule is O=c1n(-c2ccccc2)c(=O)n2n1CC=CC2P(=O)(OCc1ccccc1)OCc1ccccc1. The quantitative estimate of drug-likeness (QED) is 0.269. The Balaban J connectivity index is 1.55. The summed E-state index contributed by atoms with van der Waals surface area (Å²) in [5.41, 5.74) is 0.918. The predicted molar refractivity (Wildman–Crippen MR) is 133 cm³/mol. The number of para-hydroxylation sites is 1. The van der Waals surface area contributed by atoms with Crippen molar-refractivity contribution in [3.05, 3.63) is 135 Å². The normalized spacial score (nSPS) is 15.1. The van der Waals surface area contributed by atoms with Gasteiger partial charge in [0.15, 0.2) is 5.78 Å². The molecule has 0 amide bonds. The van der Waals surface area contributed by atoms with Gasteiger partial charge in [-0.1, -0.05) is 84.9 Å². The fourth-order valence-corrected chi connectivity index (χ4v) is 5.85. The van der Waals surface area contributed by atoms with Crippen LogP contribution in [0.25, 0.3) is 5.69 Å². The largest absolute Gasteiger partial charge is 0.359 e. The first-order valence-electron chi connectivity index (χ1n) is 11.2. The van der Waals surface area contributed by atoms with Gasteiger partial charge < -0.3 is 9.05 Å². The number of hydrogen-bond acceptors (Lipinski definition) is 5. The van der Waals surface area contributed by atoms with E-state index in [0.29, 0.717) is 5.69 Å². The molecule has 35 heavy (non-hydrogen) atoms. The molecule has 1 atom stereocenters. The highest BCUT2D eigenvalue weighted by atomic mass is 31.2. The molecule has 178 valence electrons. The fourth-order valence-electron chi connectivity index (χ4n) is 3.99. The van der Waals surface area contributed by atoms with E-state index in [1.54, 1.807) is 42.5 Å². The molecular weight excluding hydrogens is 465 g/mol. The van der Waals surface area contributed by atoms with Crippen molar-refractivity contribution >= 4 is 7.60 Å². The van der Waals surface area contributed by atoms with Gasteiger partial charge >= 0.3 is 19.0 Å². The van der Waals surface area contributed by atoms with Crippen LogP contribution in [0.2, 0.25) is 0 Å². The second-order valence-electron chi connectivity index (χ2n) is 8.06.